The number of hydrogen-bond donors (Lipinski definition) is 1. The molecule has 0 fully saturated rings. The summed E-state index contributed by atoms with van der Waals surface area (Å²) in [5, 5.41) is 2.77. The normalized spacial score (nSPS) is 12.1. The van der Waals surface area contributed by atoms with Gasteiger partial charge < -0.3 is 19.5 Å². The summed E-state index contributed by atoms with van der Waals surface area (Å²) in [6.45, 7) is 9.05. The number of benzene rings is 1. The molecular weight excluding hydrogens is 554 g/mol. The Kier molecular flexibility index (Phi) is 9.32. The van der Waals surface area contributed by atoms with Gasteiger partial charge in [-0.15, -0.1) is 6.58 Å². The minimum absolute atomic E-state index is 0.170. The first-order chi connectivity index (χ1) is 18.0. The van der Waals surface area contributed by atoms with Crippen LogP contribution >= 0.6 is 15.9 Å². The topological polar surface area (TPSA) is 109 Å². The van der Waals surface area contributed by atoms with Crippen LogP contribution in [-0.4, -0.2) is 53.4 Å². The average molecular weight is 586 g/mol. The zero-order valence-electron chi connectivity index (χ0n) is 22.2. The number of rotatable bonds is 9. The highest BCUT2D eigenvalue weighted by atomic mass is 79.9. The Labute approximate surface area is 230 Å². The highest BCUT2D eigenvalue weighted by Gasteiger charge is 2.28. The van der Waals surface area contributed by atoms with Crippen LogP contribution in [0.4, 0.5) is 4.79 Å². The Morgan fingerprint density at radius 2 is 1.87 bits per heavy atom. The summed E-state index contributed by atoms with van der Waals surface area (Å²) in [5.74, 6) is -0.696. The summed E-state index contributed by atoms with van der Waals surface area (Å²) in [6.07, 6.45) is 1.94. The Morgan fingerprint density at radius 3 is 2.50 bits per heavy atom. The van der Waals surface area contributed by atoms with Gasteiger partial charge in [-0.05, 0) is 60.3 Å². The molecule has 2 heterocycles. The third kappa shape index (κ3) is 7.00. The zero-order chi connectivity index (χ0) is 28.0. The molecular formula is C28H32BrN3O6. The van der Waals surface area contributed by atoms with E-state index in [4.69, 9.17) is 14.2 Å². The molecule has 0 saturated carbocycles. The van der Waals surface area contributed by atoms with E-state index in [0.29, 0.717) is 33.5 Å². The maximum atomic E-state index is 13.2. The van der Waals surface area contributed by atoms with Crippen molar-refractivity contribution >= 4 is 44.9 Å². The van der Waals surface area contributed by atoms with E-state index in [1.54, 1.807) is 39.0 Å². The molecule has 10 heteroatoms. The fourth-order valence-corrected chi connectivity index (χ4v) is 4.62. The van der Waals surface area contributed by atoms with Crippen molar-refractivity contribution in [3.63, 3.8) is 0 Å². The van der Waals surface area contributed by atoms with Crippen LogP contribution in [0, 0.1) is 0 Å². The maximum Gasteiger partial charge on any atom is 0.419 e. The lowest BCUT2D eigenvalue weighted by molar-refractivity contribution is -0.145. The van der Waals surface area contributed by atoms with Gasteiger partial charge in [0.2, 0.25) is 11.8 Å². The highest BCUT2D eigenvalue weighted by Crippen LogP contribution is 2.32. The van der Waals surface area contributed by atoms with Crippen LogP contribution in [0.15, 0.2) is 53.7 Å². The second-order valence-corrected chi connectivity index (χ2v) is 10.4. The van der Waals surface area contributed by atoms with Gasteiger partial charge in [0.15, 0.2) is 0 Å². The molecule has 1 aromatic carbocycles. The molecule has 0 aliphatic rings. The zero-order valence-corrected chi connectivity index (χ0v) is 23.8. The first-order valence-corrected chi connectivity index (χ1v) is 12.8. The molecule has 1 amide bonds. The molecule has 202 valence electrons. The molecule has 0 saturated heterocycles. The molecule has 9 nitrogen and oxygen atoms in total. The van der Waals surface area contributed by atoms with Crippen molar-refractivity contribution in [2.24, 2.45) is 0 Å². The smallest absolute Gasteiger partial charge is 0.419 e. The molecule has 0 aliphatic heterocycles. The lowest BCUT2D eigenvalue weighted by Crippen LogP contribution is -2.43. The second-order valence-electron chi connectivity index (χ2n) is 9.64. The van der Waals surface area contributed by atoms with Crippen LogP contribution in [-0.2, 0) is 38.3 Å². The molecule has 0 spiro atoms. The SMILES string of the molecule is C=CCc1cccc(C[C@H](NC(=O)Cc2c(Br)n(C(=O)OC(C)(C)C)c3ccc(OC)nc23)C(=O)OC)c1. The van der Waals surface area contributed by atoms with Crippen molar-refractivity contribution in [2.75, 3.05) is 14.2 Å². The minimum atomic E-state index is -0.910. The number of ether oxygens (including phenoxy) is 3. The van der Waals surface area contributed by atoms with Gasteiger partial charge in [-0.3, -0.25) is 4.79 Å². The number of esters is 1. The lowest BCUT2D eigenvalue weighted by Gasteiger charge is -2.20. The Hall–Kier alpha value is -3.66. The van der Waals surface area contributed by atoms with Crippen molar-refractivity contribution in [3.8, 4) is 5.88 Å². The van der Waals surface area contributed by atoms with Gasteiger partial charge in [-0.2, -0.15) is 0 Å². The quantitative estimate of drug-likeness (QED) is 0.285. The molecule has 0 unspecified atom stereocenters. The lowest BCUT2D eigenvalue weighted by atomic mass is 10.0. The minimum Gasteiger partial charge on any atom is -0.481 e. The van der Waals surface area contributed by atoms with E-state index in [0.717, 1.165) is 11.1 Å². The molecule has 1 N–H and O–H groups in total. The van der Waals surface area contributed by atoms with Crippen LogP contribution in [0.2, 0.25) is 0 Å². The maximum absolute atomic E-state index is 13.2. The van der Waals surface area contributed by atoms with E-state index < -0.39 is 29.6 Å². The number of halogens is 1. The van der Waals surface area contributed by atoms with E-state index in [-0.39, 0.29) is 12.8 Å². The third-order valence-electron chi connectivity index (χ3n) is 5.58. The highest BCUT2D eigenvalue weighted by molar-refractivity contribution is 9.10. The summed E-state index contributed by atoms with van der Waals surface area (Å²) < 4.78 is 17.4. The van der Waals surface area contributed by atoms with Crippen molar-refractivity contribution in [1.29, 1.82) is 0 Å². The molecule has 2 aromatic heterocycles. The molecule has 0 radical (unpaired) electrons. The average Bonchev–Trinajstić information content (AvgIpc) is 3.12. The Morgan fingerprint density at radius 1 is 1.16 bits per heavy atom. The largest absolute Gasteiger partial charge is 0.481 e. The van der Waals surface area contributed by atoms with Crippen LogP contribution in [0.1, 0.15) is 37.5 Å². The number of carbonyl (C=O) groups is 3. The molecule has 1 atom stereocenters. The van der Waals surface area contributed by atoms with Gasteiger partial charge in [-0.1, -0.05) is 30.3 Å². The summed E-state index contributed by atoms with van der Waals surface area (Å²) in [6, 6.07) is 10.1. The molecule has 0 aliphatic carbocycles. The van der Waals surface area contributed by atoms with Gasteiger partial charge in [0.05, 0.1) is 31.7 Å². The van der Waals surface area contributed by atoms with E-state index in [9.17, 15) is 14.4 Å². The second kappa shape index (κ2) is 12.3. The number of hydrogen-bond acceptors (Lipinski definition) is 7. The number of fused-ring (bicyclic) bond motifs is 1. The van der Waals surface area contributed by atoms with Gasteiger partial charge in [0.1, 0.15) is 16.2 Å². The van der Waals surface area contributed by atoms with E-state index in [1.807, 2.05) is 24.3 Å². The fraction of sp³-hybridized carbons (Fsp3) is 0.357. The van der Waals surface area contributed by atoms with Crippen molar-refractivity contribution < 1.29 is 28.6 Å². The number of aromatic nitrogens is 2. The van der Waals surface area contributed by atoms with Gasteiger partial charge in [0.25, 0.3) is 0 Å². The summed E-state index contributed by atoms with van der Waals surface area (Å²) >= 11 is 3.46. The van der Waals surface area contributed by atoms with E-state index in [1.165, 1.54) is 18.8 Å². The van der Waals surface area contributed by atoms with Crippen LogP contribution < -0.4 is 10.1 Å². The van der Waals surface area contributed by atoms with Gasteiger partial charge in [-0.25, -0.2) is 19.1 Å². The molecule has 3 rings (SSSR count). The first kappa shape index (κ1) is 28.9. The van der Waals surface area contributed by atoms with Crippen molar-refractivity contribution in [2.45, 2.75) is 51.7 Å². The number of allylic oxidation sites excluding steroid dienone is 1. The van der Waals surface area contributed by atoms with Crippen LogP contribution in [0.5, 0.6) is 5.88 Å². The molecule has 38 heavy (non-hydrogen) atoms. The third-order valence-corrected chi connectivity index (χ3v) is 6.41. The number of pyridine rings is 1. The van der Waals surface area contributed by atoms with E-state index >= 15 is 0 Å². The van der Waals surface area contributed by atoms with Crippen molar-refractivity contribution in [1.82, 2.24) is 14.9 Å². The number of nitrogens with one attached hydrogen (secondary N) is 1. The first-order valence-electron chi connectivity index (χ1n) is 12.0. The van der Waals surface area contributed by atoms with Crippen LogP contribution in [0.3, 0.4) is 0 Å². The molecule has 0 bridgehead atoms. The van der Waals surface area contributed by atoms with Gasteiger partial charge in [0, 0.05) is 18.1 Å². The number of amides is 1. The number of nitrogens with zero attached hydrogens (tertiary/aromatic N) is 2. The number of methoxy groups -OCH3 is 2. The summed E-state index contributed by atoms with van der Waals surface area (Å²) in [5.41, 5.74) is 2.46. The standard InChI is InChI=1S/C28H32BrN3O6/c1-7-9-17-10-8-11-18(14-17)15-20(26(34)37-6)30-22(33)16-19-24-21(12-13-23(31-24)36-5)32(25(19)29)27(35)38-28(2,3)4/h7-8,10-14,20H,1,9,15-16H2,2-6H3,(H,30,33)/t20-/m0/s1. The molecule has 3 aromatic rings. The fourth-order valence-electron chi connectivity index (χ4n) is 3.96. The summed E-state index contributed by atoms with van der Waals surface area (Å²) in [4.78, 5) is 43.3. The van der Waals surface area contributed by atoms with Gasteiger partial charge >= 0.3 is 12.1 Å². The van der Waals surface area contributed by atoms with Crippen molar-refractivity contribution in [3.05, 3.63) is 70.3 Å². The monoisotopic (exact) mass is 585 g/mol. The predicted octanol–water partition coefficient (Wildman–Crippen LogP) is 4.76. The predicted molar refractivity (Wildman–Crippen MR) is 147 cm³/mol. The van der Waals surface area contributed by atoms with E-state index in [2.05, 4.69) is 32.8 Å². The van der Waals surface area contributed by atoms with Crippen LogP contribution in [0.25, 0.3) is 11.0 Å². The Balaban J connectivity index is 1.92. The number of carbonyl (C=O) groups excluding carboxylic acids is 3. The Bertz CT molecular complexity index is 1360. The summed E-state index contributed by atoms with van der Waals surface area (Å²) in [7, 11) is 2.75.